The summed E-state index contributed by atoms with van der Waals surface area (Å²) >= 11 is 11.3. The molecule has 4 nitrogen and oxygen atoms in total. The summed E-state index contributed by atoms with van der Waals surface area (Å²) in [6, 6.07) is 2.61. The van der Waals surface area contributed by atoms with Crippen molar-refractivity contribution in [1.29, 1.82) is 0 Å². The first-order valence-corrected chi connectivity index (χ1v) is 6.18. The largest absolute Gasteiger partial charge is 0.416 e. The molecule has 110 valence electrons. The SMILES string of the molecule is O=C(Nc1cc(C(F)(F)F)ccc1Cl)c1cnc(Cl)cn1. The van der Waals surface area contributed by atoms with Gasteiger partial charge < -0.3 is 5.32 Å². The Morgan fingerprint density at radius 3 is 2.43 bits per heavy atom. The van der Waals surface area contributed by atoms with E-state index in [-0.39, 0.29) is 21.6 Å². The van der Waals surface area contributed by atoms with Gasteiger partial charge in [0.15, 0.2) is 0 Å². The number of anilines is 1. The van der Waals surface area contributed by atoms with Gasteiger partial charge in [-0.3, -0.25) is 4.79 Å². The zero-order valence-electron chi connectivity index (χ0n) is 10.1. The van der Waals surface area contributed by atoms with E-state index in [4.69, 9.17) is 23.2 Å². The molecule has 0 atom stereocenters. The number of halogens is 5. The average Bonchev–Trinajstić information content (AvgIpc) is 2.40. The molecule has 0 spiro atoms. The number of amides is 1. The zero-order chi connectivity index (χ0) is 15.6. The molecular formula is C12H6Cl2F3N3O. The molecule has 0 fully saturated rings. The maximum absolute atomic E-state index is 12.6. The van der Waals surface area contributed by atoms with Crippen LogP contribution < -0.4 is 5.32 Å². The van der Waals surface area contributed by atoms with Gasteiger partial charge >= 0.3 is 6.18 Å². The Bertz CT molecular complexity index is 674. The summed E-state index contributed by atoms with van der Waals surface area (Å²) in [6.07, 6.45) is -2.30. The number of benzene rings is 1. The van der Waals surface area contributed by atoms with Crippen molar-refractivity contribution in [3.8, 4) is 0 Å². The first kappa shape index (κ1) is 15.5. The van der Waals surface area contributed by atoms with Crippen molar-refractivity contribution >= 4 is 34.8 Å². The molecule has 0 aliphatic carbocycles. The molecule has 2 rings (SSSR count). The summed E-state index contributed by atoms with van der Waals surface area (Å²) in [6.45, 7) is 0. The van der Waals surface area contributed by atoms with Crippen LogP contribution in [0.3, 0.4) is 0 Å². The molecule has 0 bridgehead atoms. The van der Waals surface area contributed by atoms with Crippen LogP contribution in [0.15, 0.2) is 30.6 Å². The van der Waals surface area contributed by atoms with Gasteiger partial charge in [-0.05, 0) is 18.2 Å². The van der Waals surface area contributed by atoms with Crippen molar-refractivity contribution in [2.45, 2.75) is 6.18 Å². The number of hydrogen-bond acceptors (Lipinski definition) is 3. The molecular weight excluding hydrogens is 330 g/mol. The zero-order valence-corrected chi connectivity index (χ0v) is 11.6. The third kappa shape index (κ3) is 3.83. The van der Waals surface area contributed by atoms with Gasteiger partial charge in [-0.2, -0.15) is 13.2 Å². The molecule has 0 saturated heterocycles. The summed E-state index contributed by atoms with van der Waals surface area (Å²) in [7, 11) is 0. The van der Waals surface area contributed by atoms with Gasteiger partial charge in [0, 0.05) is 0 Å². The molecule has 1 aromatic heterocycles. The van der Waals surface area contributed by atoms with Gasteiger partial charge in [0.05, 0.1) is 28.7 Å². The van der Waals surface area contributed by atoms with Crippen molar-refractivity contribution in [3.63, 3.8) is 0 Å². The number of carbonyl (C=O) groups excluding carboxylic acids is 1. The Morgan fingerprint density at radius 2 is 1.86 bits per heavy atom. The van der Waals surface area contributed by atoms with Crippen LogP contribution in [0, 0.1) is 0 Å². The number of rotatable bonds is 2. The topological polar surface area (TPSA) is 54.9 Å². The Morgan fingerprint density at radius 1 is 1.14 bits per heavy atom. The lowest BCUT2D eigenvalue weighted by Gasteiger charge is -2.11. The molecule has 1 heterocycles. The predicted octanol–water partition coefficient (Wildman–Crippen LogP) is 4.05. The Hall–Kier alpha value is -1.86. The van der Waals surface area contributed by atoms with Gasteiger partial charge in [-0.1, -0.05) is 23.2 Å². The minimum Gasteiger partial charge on any atom is -0.319 e. The third-order valence-electron chi connectivity index (χ3n) is 2.39. The van der Waals surface area contributed by atoms with Crippen LogP contribution >= 0.6 is 23.2 Å². The van der Waals surface area contributed by atoms with Gasteiger partial charge in [0.2, 0.25) is 0 Å². The highest BCUT2D eigenvalue weighted by Crippen LogP contribution is 2.33. The number of aromatic nitrogens is 2. The second-order valence-electron chi connectivity index (χ2n) is 3.87. The summed E-state index contributed by atoms with van der Waals surface area (Å²) in [4.78, 5) is 19.2. The lowest BCUT2D eigenvalue weighted by Crippen LogP contribution is -2.15. The molecule has 0 unspecified atom stereocenters. The maximum Gasteiger partial charge on any atom is 0.416 e. The second kappa shape index (κ2) is 5.87. The standard InChI is InChI=1S/C12H6Cl2F3N3O/c13-7-2-1-6(12(15,16)17)3-8(7)20-11(21)9-4-19-10(14)5-18-9/h1-5H,(H,20,21). The smallest absolute Gasteiger partial charge is 0.319 e. The van der Waals surface area contributed by atoms with Gasteiger partial charge in [0.1, 0.15) is 10.8 Å². The van der Waals surface area contributed by atoms with Crippen LogP contribution in [0.2, 0.25) is 10.2 Å². The summed E-state index contributed by atoms with van der Waals surface area (Å²) < 4.78 is 37.8. The van der Waals surface area contributed by atoms with Crippen molar-refractivity contribution < 1.29 is 18.0 Å². The van der Waals surface area contributed by atoms with Crippen molar-refractivity contribution in [2.24, 2.45) is 0 Å². The number of nitrogens with zero attached hydrogens (tertiary/aromatic N) is 2. The fraction of sp³-hybridized carbons (Fsp3) is 0.0833. The lowest BCUT2D eigenvalue weighted by molar-refractivity contribution is -0.137. The fourth-order valence-corrected chi connectivity index (χ4v) is 1.68. The molecule has 1 amide bonds. The maximum atomic E-state index is 12.6. The first-order chi connectivity index (χ1) is 9.77. The van der Waals surface area contributed by atoms with Crippen molar-refractivity contribution in [1.82, 2.24) is 9.97 Å². The van der Waals surface area contributed by atoms with Gasteiger partial charge in [0.25, 0.3) is 5.91 Å². The highest BCUT2D eigenvalue weighted by molar-refractivity contribution is 6.34. The van der Waals surface area contributed by atoms with Gasteiger partial charge in [-0.25, -0.2) is 9.97 Å². The van der Waals surface area contributed by atoms with E-state index in [2.05, 4.69) is 15.3 Å². The molecule has 0 aliphatic heterocycles. The number of nitrogens with one attached hydrogen (secondary N) is 1. The normalized spacial score (nSPS) is 11.3. The summed E-state index contributed by atoms with van der Waals surface area (Å²) in [5.41, 5.74) is -1.20. The first-order valence-electron chi connectivity index (χ1n) is 5.43. The van der Waals surface area contributed by atoms with E-state index in [1.165, 1.54) is 0 Å². The Balaban J connectivity index is 2.26. The summed E-state index contributed by atoms with van der Waals surface area (Å²) in [5, 5.41) is 2.30. The Labute approximate surface area is 126 Å². The summed E-state index contributed by atoms with van der Waals surface area (Å²) in [5.74, 6) is -0.750. The highest BCUT2D eigenvalue weighted by atomic mass is 35.5. The molecule has 1 aromatic carbocycles. The lowest BCUT2D eigenvalue weighted by atomic mass is 10.2. The van der Waals surface area contributed by atoms with E-state index in [0.717, 1.165) is 30.6 Å². The van der Waals surface area contributed by atoms with Crippen LogP contribution in [0.4, 0.5) is 18.9 Å². The molecule has 2 aromatic rings. The highest BCUT2D eigenvalue weighted by Gasteiger charge is 2.31. The monoisotopic (exact) mass is 335 g/mol. The average molecular weight is 336 g/mol. The Kier molecular flexibility index (Phi) is 4.34. The van der Waals surface area contributed by atoms with Crippen LogP contribution in [0.5, 0.6) is 0 Å². The quantitative estimate of drug-likeness (QED) is 0.900. The van der Waals surface area contributed by atoms with Crippen LogP contribution in [-0.4, -0.2) is 15.9 Å². The number of hydrogen-bond donors (Lipinski definition) is 1. The molecule has 0 aliphatic rings. The van der Waals surface area contributed by atoms with E-state index in [9.17, 15) is 18.0 Å². The van der Waals surface area contributed by atoms with E-state index in [0.29, 0.717) is 0 Å². The molecule has 21 heavy (non-hydrogen) atoms. The van der Waals surface area contributed by atoms with E-state index < -0.39 is 17.6 Å². The predicted molar refractivity (Wildman–Crippen MR) is 71.4 cm³/mol. The van der Waals surface area contributed by atoms with Crippen LogP contribution in [0.1, 0.15) is 16.1 Å². The molecule has 1 N–H and O–H groups in total. The van der Waals surface area contributed by atoms with Crippen LogP contribution in [0.25, 0.3) is 0 Å². The second-order valence-corrected chi connectivity index (χ2v) is 4.67. The van der Waals surface area contributed by atoms with E-state index in [1.54, 1.807) is 0 Å². The van der Waals surface area contributed by atoms with E-state index >= 15 is 0 Å². The third-order valence-corrected chi connectivity index (χ3v) is 2.92. The van der Waals surface area contributed by atoms with Crippen molar-refractivity contribution in [2.75, 3.05) is 5.32 Å². The number of alkyl halides is 3. The minimum atomic E-state index is -4.54. The molecule has 0 saturated carbocycles. The molecule has 0 radical (unpaired) electrons. The van der Waals surface area contributed by atoms with Gasteiger partial charge in [-0.15, -0.1) is 0 Å². The minimum absolute atomic E-state index is 0.0294. The fourth-order valence-electron chi connectivity index (χ4n) is 1.41. The molecule has 9 heteroatoms. The van der Waals surface area contributed by atoms with Crippen LogP contribution in [-0.2, 0) is 6.18 Å². The van der Waals surface area contributed by atoms with Crippen molar-refractivity contribution in [3.05, 3.63) is 52.0 Å². The number of carbonyl (C=O) groups is 1. The van der Waals surface area contributed by atoms with E-state index in [1.807, 2.05) is 0 Å².